The summed E-state index contributed by atoms with van der Waals surface area (Å²) < 4.78 is 11.1. The number of rotatable bonds is 12. The number of carbonyl (C=O) groups is 1. The Hall–Kier alpha value is -2.29. The number of ether oxygens (including phenoxy) is 2. The van der Waals surface area contributed by atoms with Gasteiger partial charge in [-0.15, -0.1) is 0 Å². The molecule has 0 radical (unpaired) electrons. The van der Waals surface area contributed by atoms with Crippen LogP contribution < -0.4 is 9.47 Å². The third kappa shape index (κ3) is 8.29. The molecule has 2 aromatic carbocycles. The Balaban J connectivity index is 1.64. The monoisotopic (exact) mass is 368 g/mol. The molecule has 3 nitrogen and oxygen atoms in total. The third-order valence-corrected chi connectivity index (χ3v) is 4.59. The van der Waals surface area contributed by atoms with Gasteiger partial charge < -0.3 is 9.47 Å². The standard InChI is InChI=1S/C24H32O3/c1-3-4-5-6-7-8-9-10-19-26-22-17-13-21(14-18-22)24(25)27-23-15-11-20(2)12-16-23/h11-18H,3-10,19H2,1-2H3. The Morgan fingerprint density at radius 2 is 1.30 bits per heavy atom. The van der Waals surface area contributed by atoms with Gasteiger partial charge in [0.25, 0.3) is 0 Å². The lowest BCUT2D eigenvalue weighted by Gasteiger charge is -2.08. The number of unbranched alkanes of at least 4 members (excludes halogenated alkanes) is 7. The molecule has 0 aliphatic carbocycles. The zero-order chi connectivity index (χ0) is 19.3. The molecule has 146 valence electrons. The zero-order valence-electron chi connectivity index (χ0n) is 16.7. The van der Waals surface area contributed by atoms with E-state index in [0.717, 1.165) is 24.3 Å². The molecule has 0 N–H and O–H groups in total. The third-order valence-electron chi connectivity index (χ3n) is 4.59. The summed E-state index contributed by atoms with van der Waals surface area (Å²) in [7, 11) is 0. The number of esters is 1. The Morgan fingerprint density at radius 3 is 1.93 bits per heavy atom. The molecule has 0 atom stereocenters. The fourth-order valence-corrected chi connectivity index (χ4v) is 2.89. The van der Waals surface area contributed by atoms with E-state index in [4.69, 9.17) is 9.47 Å². The highest BCUT2D eigenvalue weighted by Crippen LogP contribution is 2.17. The van der Waals surface area contributed by atoms with Gasteiger partial charge in [0.2, 0.25) is 0 Å². The highest BCUT2D eigenvalue weighted by atomic mass is 16.5. The van der Waals surface area contributed by atoms with E-state index in [1.54, 1.807) is 24.3 Å². The lowest BCUT2D eigenvalue weighted by atomic mass is 10.1. The predicted octanol–water partition coefficient (Wildman–Crippen LogP) is 6.73. The number of carbonyl (C=O) groups excluding carboxylic acids is 1. The van der Waals surface area contributed by atoms with Crippen LogP contribution in [-0.4, -0.2) is 12.6 Å². The van der Waals surface area contributed by atoms with Gasteiger partial charge in [0.1, 0.15) is 11.5 Å². The first-order chi connectivity index (χ1) is 13.2. The summed E-state index contributed by atoms with van der Waals surface area (Å²) >= 11 is 0. The fraction of sp³-hybridized carbons (Fsp3) is 0.458. The van der Waals surface area contributed by atoms with Crippen LogP contribution in [0.1, 0.15) is 74.2 Å². The summed E-state index contributed by atoms with van der Waals surface area (Å²) in [6, 6.07) is 14.6. The molecular formula is C24H32O3. The Bertz CT molecular complexity index is 659. The quantitative estimate of drug-likeness (QED) is 0.236. The minimum atomic E-state index is -0.353. The Labute approximate surface area is 163 Å². The summed E-state index contributed by atoms with van der Waals surface area (Å²) in [6.45, 7) is 4.97. The number of aryl methyl sites for hydroxylation is 1. The molecule has 0 saturated carbocycles. The summed E-state index contributed by atoms with van der Waals surface area (Å²) in [4.78, 5) is 12.2. The van der Waals surface area contributed by atoms with Crippen molar-refractivity contribution in [3.63, 3.8) is 0 Å². The molecule has 2 rings (SSSR count). The summed E-state index contributed by atoms with van der Waals surface area (Å²) in [5.74, 6) is 0.999. The topological polar surface area (TPSA) is 35.5 Å². The summed E-state index contributed by atoms with van der Waals surface area (Å²) in [5.41, 5.74) is 1.66. The Morgan fingerprint density at radius 1 is 0.741 bits per heavy atom. The maximum absolute atomic E-state index is 12.2. The van der Waals surface area contributed by atoms with Gasteiger partial charge in [-0.2, -0.15) is 0 Å². The summed E-state index contributed by atoms with van der Waals surface area (Å²) in [5, 5.41) is 0. The van der Waals surface area contributed by atoms with E-state index in [0.29, 0.717) is 11.3 Å². The van der Waals surface area contributed by atoms with E-state index >= 15 is 0 Å². The van der Waals surface area contributed by atoms with E-state index in [1.165, 1.54) is 44.9 Å². The molecule has 0 bridgehead atoms. The first-order valence-electron chi connectivity index (χ1n) is 10.2. The molecule has 0 aliphatic rings. The molecule has 0 unspecified atom stereocenters. The van der Waals surface area contributed by atoms with Crippen molar-refractivity contribution >= 4 is 5.97 Å². The normalized spacial score (nSPS) is 10.6. The number of hydrogen-bond donors (Lipinski definition) is 0. The van der Waals surface area contributed by atoms with Gasteiger partial charge >= 0.3 is 5.97 Å². The second-order valence-corrected chi connectivity index (χ2v) is 7.05. The molecule has 2 aromatic rings. The molecular weight excluding hydrogens is 336 g/mol. The van der Waals surface area contributed by atoms with E-state index in [9.17, 15) is 4.79 Å². The minimum absolute atomic E-state index is 0.353. The summed E-state index contributed by atoms with van der Waals surface area (Å²) in [6.07, 6.45) is 10.3. The predicted molar refractivity (Wildman–Crippen MR) is 111 cm³/mol. The lowest BCUT2D eigenvalue weighted by molar-refractivity contribution is 0.0734. The van der Waals surface area contributed by atoms with Gasteiger partial charge in [-0.3, -0.25) is 0 Å². The number of hydrogen-bond acceptors (Lipinski definition) is 3. The van der Waals surface area contributed by atoms with Gasteiger partial charge in [-0.1, -0.05) is 69.6 Å². The minimum Gasteiger partial charge on any atom is -0.494 e. The van der Waals surface area contributed by atoms with E-state index in [2.05, 4.69) is 6.92 Å². The van der Waals surface area contributed by atoms with Crippen LogP contribution in [0.2, 0.25) is 0 Å². The van der Waals surface area contributed by atoms with Gasteiger partial charge in [-0.25, -0.2) is 4.79 Å². The molecule has 0 fully saturated rings. The molecule has 0 saturated heterocycles. The first kappa shape index (κ1) is 21.0. The second kappa shape index (κ2) is 12.2. The average molecular weight is 369 g/mol. The fourth-order valence-electron chi connectivity index (χ4n) is 2.89. The second-order valence-electron chi connectivity index (χ2n) is 7.05. The highest BCUT2D eigenvalue weighted by molar-refractivity contribution is 5.91. The largest absolute Gasteiger partial charge is 0.494 e. The van der Waals surface area contributed by atoms with Gasteiger partial charge in [0.15, 0.2) is 0 Å². The van der Waals surface area contributed by atoms with E-state index in [-0.39, 0.29) is 5.97 Å². The van der Waals surface area contributed by atoms with Crippen LogP contribution in [-0.2, 0) is 0 Å². The molecule has 27 heavy (non-hydrogen) atoms. The van der Waals surface area contributed by atoms with Crippen LogP contribution in [0.4, 0.5) is 0 Å². The molecule has 0 spiro atoms. The van der Waals surface area contributed by atoms with Crippen molar-refractivity contribution in [1.29, 1.82) is 0 Å². The highest BCUT2D eigenvalue weighted by Gasteiger charge is 2.08. The van der Waals surface area contributed by atoms with E-state index in [1.807, 2.05) is 31.2 Å². The van der Waals surface area contributed by atoms with Crippen molar-refractivity contribution in [2.75, 3.05) is 6.61 Å². The van der Waals surface area contributed by atoms with Crippen molar-refractivity contribution < 1.29 is 14.3 Å². The molecule has 0 aliphatic heterocycles. The zero-order valence-corrected chi connectivity index (χ0v) is 16.7. The smallest absolute Gasteiger partial charge is 0.343 e. The van der Waals surface area contributed by atoms with Crippen molar-refractivity contribution in [2.45, 2.75) is 65.2 Å². The van der Waals surface area contributed by atoms with Crippen LogP contribution in [0.5, 0.6) is 11.5 Å². The molecule has 0 amide bonds. The van der Waals surface area contributed by atoms with Crippen LogP contribution in [0.25, 0.3) is 0 Å². The van der Waals surface area contributed by atoms with Crippen molar-refractivity contribution in [2.24, 2.45) is 0 Å². The van der Waals surface area contributed by atoms with Gasteiger partial charge in [-0.05, 0) is 49.7 Å². The van der Waals surface area contributed by atoms with Crippen LogP contribution in [0, 0.1) is 6.92 Å². The van der Waals surface area contributed by atoms with Gasteiger partial charge in [0.05, 0.1) is 12.2 Å². The molecule has 0 heterocycles. The van der Waals surface area contributed by atoms with Crippen molar-refractivity contribution in [3.05, 3.63) is 59.7 Å². The SMILES string of the molecule is CCCCCCCCCCOc1ccc(C(=O)Oc2ccc(C)cc2)cc1. The maximum atomic E-state index is 12.2. The maximum Gasteiger partial charge on any atom is 0.343 e. The van der Waals surface area contributed by atoms with Gasteiger partial charge in [0, 0.05) is 0 Å². The lowest BCUT2D eigenvalue weighted by Crippen LogP contribution is -2.08. The van der Waals surface area contributed by atoms with E-state index < -0.39 is 0 Å². The van der Waals surface area contributed by atoms with Crippen molar-refractivity contribution in [1.82, 2.24) is 0 Å². The first-order valence-corrected chi connectivity index (χ1v) is 10.2. The van der Waals surface area contributed by atoms with Crippen molar-refractivity contribution in [3.8, 4) is 11.5 Å². The Kier molecular flexibility index (Phi) is 9.47. The molecule has 0 aromatic heterocycles. The molecule has 3 heteroatoms. The van der Waals surface area contributed by atoms with Crippen LogP contribution in [0.15, 0.2) is 48.5 Å². The van der Waals surface area contributed by atoms with Crippen LogP contribution >= 0.6 is 0 Å². The van der Waals surface area contributed by atoms with Crippen LogP contribution in [0.3, 0.4) is 0 Å². The average Bonchev–Trinajstić information content (AvgIpc) is 2.69. The number of benzene rings is 2.